The number of nitrogens with zero attached hydrogens (tertiary/aromatic N) is 2. The summed E-state index contributed by atoms with van der Waals surface area (Å²) in [5.74, 6) is -0.00213. The van der Waals surface area contributed by atoms with Gasteiger partial charge in [-0.15, -0.1) is 0 Å². The summed E-state index contributed by atoms with van der Waals surface area (Å²) < 4.78 is 18.5. The highest BCUT2D eigenvalue weighted by Crippen LogP contribution is 2.14. The lowest BCUT2D eigenvalue weighted by atomic mass is 10.2. The maximum Gasteiger partial charge on any atom is 0.273 e. The van der Waals surface area contributed by atoms with Crippen molar-refractivity contribution in [2.45, 2.75) is 52.9 Å². The molecule has 0 atom stereocenters. The average molecular weight is 333 g/mol. The number of amides is 1. The standard InChI is InChI=1S/C18H24FN3O2/c1-12(2)20-18(23)16-11-24-17(21-16)10-22(13(3)4)9-14-5-7-15(19)8-6-14/h5-8,11-13H,9-10H2,1-4H3,(H,20,23). The molecule has 1 aromatic carbocycles. The molecule has 1 heterocycles. The smallest absolute Gasteiger partial charge is 0.273 e. The van der Waals surface area contributed by atoms with Gasteiger partial charge in [-0.3, -0.25) is 9.69 Å². The second-order valence-corrected chi connectivity index (χ2v) is 6.38. The lowest BCUT2D eigenvalue weighted by Crippen LogP contribution is -2.31. The van der Waals surface area contributed by atoms with Crippen LogP contribution in [0.3, 0.4) is 0 Å². The normalized spacial score (nSPS) is 11.5. The van der Waals surface area contributed by atoms with E-state index in [4.69, 9.17) is 4.42 Å². The fourth-order valence-corrected chi connectivity index (χ4v) is 2.24. The van der Waals surface area contributed by atoms with Crippen molar-refractivity contribution in [3.63, 3.8) is 0 Å². The van der Waals surface area contributed by atoms with Crippen LogP contribution in [0.15, 0.2) is 34.9 Å². The predicted octanol–water partition coefficient (Wildman–Crippen LogP) is 3.36. The van der Waals surface area contributed by atoms with Gasteiger partial charge in [-0.25, -0.2) is 9.37 Å². The van der Waals surface area contributed by atoms with Gasteiger partial charge in [0.15, 0.2) is 5.69 Å². The Bertz CT molecular complexity index is 665. The van der Waals surface area contributed by atoms with Gasteiger partial charge >= 0.3 is 0 Å². The van der Waals surface area contributed by atoms with E-state index < -0.39 is 0 Å². The van der Waals surface area contributed by atoms with Gasteiger partial charge in [0.2, 0.25) is 5.89 Å². The van der Waals surface area contributed by atoms with Crippen LogP contribution in [0.1, 0.15) is 49.6 Å². The summed E-state index contributed by atoms with van der Waals surface area (Å²) in [4.78, 5) is 18.3. The van der Waals surface area contributed by atoms with Gasteiger partial charge in [0, 0.05) is 18.6 Å². The molecule has 0 spiro atoms. The number of aromatic nitrogens is 1. The molecule has 0 aliphatic heterocycles. The molecule has 0 radical (unpaired) electrons. The fourth-order valence-electron chi connectivity index (χ4n) is 2.24. The highest BCUT2D eigenvalue weighted by molar-refractivity contribution is 5.92. The van der Waals surface area contributed by atoms with Crippen LogP contribution < -0.4 is 5.32 Å². The van der Waals surface area contributed by atoms with E-state index >= 15 is 0 Å². The lowest BCUT2D eigenvalue weighted by Gasteiger charge is -2.25. The zero-order valence-corrected chi connectivity index (χ0v) is 14.5. The Morgan fingerprint density at radius 2 is 1.88 bits per heavy atom. The van der Waals surface area contributed by atoms with Crippen LogP contribution >= 0.6 is 0 Å². The van der Waals surface area contributed by atoms with Crippen molar-refractivity contribution in [1.82, 2.24) is 15.2 Å². The molecule has 0 unspecified atom stereocenters. The lowest BCUT2D eigenvalue weighted by molar-refractivity contribution is 0.0938. The van der Waals surface area contributed by atoms with E-state index in [1.54, 1.807) is 12.1 Å². The number of carbonyl (C=O) groups is 1. The molecule has 1 amide bonds. The Balaban J connectivity index is 2.04. The van der Waals surface area contributed by atoms with Gasteiger partial charge in [-0.1, -0.05) is 12.1 Å². The third-order valence-electron chi connectivity index (χ3n) is 3.57. The molecule has 1 aromatic heterocycles. The van der Waals surface area contributed by atoms with Crippen molar-refractivity contribution in [2.75, 3.05) is 0 Å². The van der Waals surface area contributed by atoms with Crippen molar-refractivity contribution in [2.24, 2.45) is 0 Å². The van der Waals surface area contributed by atoms with Crippen molar-refractivity contribution in [3.8, 4) is 0 Å². The fraction of sp³-hybridized carbons (Fsp3) is 0.444. The number of hydrogen-bond acceptors (Lipinski definition) is 4. The van der Waals surface area contributed by atoms with Gasteiger partial charge in [0.25, 0.3) is 5.91 Å². The maximum atomic E-state index is 13.0. The molecule has 0 aliphatic carbocycles. The minimum Gasteiger partial charge on any atom is -0.447 e. The molecule has 2 aromatic rings. The molecule has 6 heteroatoms. The first-order valence-electron chi connectivity index (χ1n) is 8.09. The van der Waals surface area contributed by atoms with E-state index in [2.05, 4.69) is 29.0 Å². The second kappa shape index (κ2) is 8.06. The number of hydrogen-bond donors (Lipinski definition) is 1. The molecule has 24 heavy (non-hydrogen) atoms. The minimum absolute atomic E-state index is 0.0447. The second-order valence-electron chi connectivity index (χ2n) is 6.38. The first-order valence-corrected chi connectivity index (χ1v) is 8.09. The summed E-state index contributed by atoms with van der Waals surface area (Å²) in [5.41, 5.74) is 1.29. The van der Waals surface area contributed by atoms with E-state index in [9.17, 15) is 9.18 Å². The summed E-state index contributed by atoms with van der Waals surface area (Å²) in [6.07, 6.45) is 1.38. The maximum absolute atomic E-state index is 13.0. The molecular formula is C18H24FN3O2. The highest BCUT2D eigenvalue weighted by Gasteiger charge is 2.17. The van der Waals surface area contributed by atoms with Crippen LogP contribution in [0, 0.1) is 5.82 Å². The predicted molar refractivity (Wildman–Crippen MR) is 89.9 cm³/mol. The van der Waals surface area contributed by atoms with Gasteiger partial charge in [0.1, 0.15) is 12.1 Å². The molecule has 2 rings (SSSR count). The topological polar surface area (TPSA) is 58.4 Å². The number of carbonyl (C=O) groups excluding carboxylic acids is 1. The highest BCUT2D eigenvalue weighted by atomic mass is 19.1. The Kier molecular flexibility index (Phi) is 6.09. The number of nitrogens with one attached hydrogen (secondary N) is 1. The van der Waals surface area contributed by atoms with Crippen LogP contribution in [0.4, 0.5) is 4.39 Å². The van der Waals surface area contributed by atoms with Gasteiger partial charge < -0.3 is 9.73 Å². The van der Waals surface area contributed by atoms with Crippen LogP contribution in [-0.4, -0.2) is 27.9 Å². The van der Waals surface area contributed by atoms with Gasteiger partial charge in [-0.05, 0) is 45.4 Å². The van der Waals surface area contributed by atoms with E-state index in [1.165, 1.54) is 18.4 Å². The largest absolute Gasteiger partial charge is 0.447 e. The summed E-state index contributed by atoms with van der Waals surface area (Å²) in [6, 6.07) is 6.72. The average Bonchev–Trinajstić information content (AvgIpc) is 2.96. The first-order chi connectivity index (χ1) is 11.3. The van der Waals surface area contributed by atoms with Crippen LogP contribution in [0.25, 0.3) is 0 Å². The number of rotatable bonds is 7. The first kappa shape index (κ1) is 18.1. The van der Waals surface area contributed by atoms with E-state index in [-0.39, 0.29) is 29.5 Å². The van der Waals surface area contributed by atoms with Crippen LogP contribution in [0.2, 0.25) is 0 Å². The van der Waals surface area contributed by atoms with E-state index in [1.807, 2.05) is 13.8 Å². The number of oxazole rings is 1. The monoisotopic (exact) mass is 333 g/mol. The molecular weight excluding hydrogens is 309 g/mol. The van der Waals surface area contributed by atoms with Crippen LogP contribution in [0.5, 0.6) is 0 Å². The minimum atomic E-state index is -0.247. The summed E-state index contributed by atoms with van der Waals surface area (Å²) in [7, 11) is 0. The quantitative estimate of drug-likeness (QED) is 0.844. The third kappa shape index (κ3) is 5.16. The number of benzene rings is 1. The Morgan fingerprint density at radius 3 is 2.46 bits per heavy atom. The summed E-state index contributed by atoms with van der Waals surface area (Å²) in [5, 5.41) is 2.78. The van der Waals surface area contributed by atoms with Crippen molar-refractivity contribution in [3.05, 3.63) is 53.5 Å². The molecule has 5 nitrogen and oxygen atoms in total. The SMILES string of the molecule is CC(C)NC(=O)c1coc(CN(Cc2ccc(F)cc2)C(C)C)n1. The summed E-state index contributed by atoms with van der Waals surface area (Å²) in [6.45, 7) is 9.04. The van der Waals surface area contributed by atoms with Gasteiger partial charge in [-0.2, -0.15) is 0 Å². The molecule has 1 N–H and O–H groups in total. The zero-order chi connectivity index (χ0) is 17.7. The van der Waals surface area contributed by atoms with Gasteiger partial charge in [0.05, 0.1) is 6.54 Å². The van der Waals surface area contributed by atoms with E-state index in [0.717, 1.165) is 5.56 Å². The van der Waals surface area contributed by atoms with E-state index in [0.29, 0.717) is 19.0 Å². The molecule has 130 valence electrons. The van der Waals surface area contributed by atoms with Crippen LogP contribution in [-0.2, 0) is 13.1 Å². The Morgan fingerprint density at radius 1 is 1.21 bits per heavy atom. The molecule has 0 aliphatic rings. The number of halogens is 1. The molecule has 0 bridgehead atoms. The third-order valence-corrected chi connectivity index (χ3v) is 3.57. The zero-order valence-electron chi connectivity index (χ0n) is 14.5. The van der Waals surface area contributed by atoms with Crippen molar-refractivity contribution >= 4 is 5.91 Å². The Hall–Kier alpha value is -2.21. The van der Waals surface area contributed by atoms with Crippen molar-refractivity contribution < 1.29 is 13.6 Å². The molecule has 0 saturated carbocycles. The summed E-state index contributed by atoms with van der Waals surface area (Å²) >= 11 is 0. The Labute approximate surface area is 141 Å². The molecule has 0 saturated heterocycles. The molecule has 0 fully saturated rings. The van der Waals surface area contributed by atoms with Crippen molar-refractivity contribution in [1.29, 1.82) is 0 Å².